The third-order valence-electron chi connectivity index (χ3n) is 5.92. The Bertz CT molecular complexity index is 1210. The number of carboxylic acids is 1. The zero-order valence-corrected chi connectivity index (χ0v) is 17.0. The van der Waals surface area contributed by atoms with E-state index in [-0.39, 0.29) is 12.6 Å². The highest BCUT2D eigenvalue weighted by Gasteiger charge is 2.26. The Morgan fingerprint density at radius 3 is 2.77 bits per heavy atom. The van der Waals surface area contributed by atoms with Gasteiger partial charge in [-0.3, -0.25) is 4.79 Å². The number of fused-ring (bicyclic) bond motifs is 4. The molecule has 0 bridgehead atoms. The topological polar surface area (TPSA) is 128 Å². The minimum Gasteiger partial charge on any atom is -0.506 e. The van der Waals surface area contributed by atoms with Crippen LogP contribution in [0, 0.1) is 0 Å². The third kappa shape index (κ3) is 3.28. The van der Waals surface area contributed by atoms with Crippen LogP contribution >= 0.6 is 0 Å². The summed E-state index contributed by atoms with van der Waals surface area (Å²) in [5.74, 6) is -1.88. The maximum atomic E-state index is 12.3. The molecule has 0 amide bonds. The molecule has 4 rings (SSSR count). The molecule has 1 aliphatic carbocycles. The molecule has 1 atom stereocenters. The number of aromatic amines is 1. The van der Waals surface area contributed by atoms with Gasteiger partial charge in [-0.25, -0.2) is 4.79 Å². The van der Waals surface area contributed by atoms with E-state index in [1.54, 1.807) is 0 Å². The lowest BCUT2D eigenvalue weighted by molar-refractivity contribution is 0.0691. The van der Waals surface area contributed by atoms with Crippen molar-refractivity contribution in [3.8, 4) is 17.0 Å². The van der Waals surface area contributed by atoms with Crippen molar-refractivity contribution < 1.29 is 20.1 Å². The van der Waals surface area contributed by atoms with Gasteiger partial charge in [0.05, 0.1) is 12.3 Å². The highest BCUT2D eigenvalue weighted by atomic mass is 16.4. The van der Waals surface area contributed by atoms with Gasteiger partial charge in [-0.05, 0) is 49.9 Å². The number of aromatic carboxylic acids is 1. The molecule has 0 radical (unpaired) electrons. The van der Waals surface area contributed by atoms with E-state index in [1.807, 2.05) is 20.0 Å². The summed E-state index contributed by atoms with van der Waals surface area (Å²) >= 11 is 0. The number of nitrogens with one attached hydrogen (secondary N) is 2. The van der Waals surface area contributed by atoms with E-state index in [0.29, 0.717) is 24.2 Å². The number of aromatic nitrogens is 2. The molecule has 5 N–H and O–H groups in total. The molecular weight excluding hydrogens is 386 g/mol. The average molecular weight is 411 g/mol. The molecule has 2 aromatic heterocycles. The maximum Gasteiger partial charge on any atom is 0.345 e. The molecule has 0 spiro atoms. The molecule has 0 saturated carbocycles. The van der Waals surface area contributed by atoms with Crippen molar-refractivity contribution in [1.29, 1.82) is 0 Å². The molecule has 0 saturated heterocycles. The maximum absolute atomic E-state index is 12.3. The van der Waals surface area contributed by atoms with Crippen molar-refractivity contribution in [2.75, 3.05) is 6.61 Å². The number of nitrogens with zero attached hydrogens (tertiary/aromatic N) is 1. The predicted octanol–water partition coefficient (Wildman–Crippen LogP) is 1.90. The standard InChI is InChI=1S/C22H25N3O5/c1-11(10-26)23-9-14-6-13-7-16-12(8-17(13)25(14)2)4-3-5-15-19(16)24-21(28)18(20(15)27)22(29)30/h6-8,11,23,26H,3-5,9-10H2,1-2H3,(H,29,30)(H2,24,27,28). The highest BCUT2D eigenvalue weighted by Crippen LogP contribution is 2.38. The number of aliphatic hydroxyl groups excluding tert-OH is 1. The summed E-state index contributed by atoms with van der Waals surface area (Å²) in [5.41, 5.74) is 3.53. The molecule has 0 fully saturated rings. The Kier molecular flexibility index (Phi) is 5.13. The van der Waals surface area contributed by atoms with E-state index in [2.05, 4.69) is 27.0 Å². The van der Waals surface area contributed by atoms with Crippen LogP contribution in [0.5, 0.6) is 5.75 Å². The van der Waals surface area contributed by atoms with Crippen LogP contribution in [0.15, 0.2) is 23.0 Å². The second-order valence-electron chi connectivity index (χ2n) is 7.92. The normalized spacial score (nSPS) is 14.2. The molecule has 1 aromatic carbocycles. The van der Waals surface area contributed by atoms with Gasteiger partial charge in [0.15, 0.2) is 5.56 Å². The van der Waals surface area contributed by atoms with Crippen molar-refractivity contribution in [2.45, 2.75) is 38.8 Å². The number of rotatable bonds is 5. The van der Waals surface area contributed by atoms with Crippen molar-refractivity contribution in [3.63, 3.8) is 0 Å². The summed E-state index contributed by atoms with van der Waals surface area (Å²) < 4.78 is 2.10. The van der Waals surface area contributed by atoms with Crippen LogP contribution in [0.25, 0.3) is 22.2 Å². The lowest BCUT2D eigenvalue weighted by Crippen LogP contribution is -2.29. The van der Waals surface area contributed by atoms with Crippen molar-refractivity contribution >= 4 is 16.9 Å². The van der Waals surface area contributed by atoms with Gasteiger partial charge < -0.3 is 30.2 Å². The first-order valence-electron chi connectivity index (χ1n) is 9.99. The first kappa shape index (κ1) is 20.2. The number of pyridine rings is 1. The van der Waals surface area contributed by atoms with Crippen LogP contribution in [-0.2, 0) is 26.4 Å². The summed E-state index contributed by atoms with van der Waals surface area (Å²) in [4.78, 5) is 26.5. The molecule has 158 valence electrons. The Hall–Kier alpha value is -3.10. The molecule has 1 unspecified atom stereocenters. The fraction of sp³-hybridized carbons (Fsp3) is 0.364. The number of hydrogen-bond donors (Lipinski definition) is 5. The summed E-state index contributed by atoms with van der Waals surface area (Å²) in [7, 11) is 1.99. The number of carboxylic acid groups (broad SMARTS) is 1. The molecule has 0 aliphatic heterocycles. The number of benzene rings is 1. The van der Waals surface area contributed by atoms with Gasteiger partial charge in [0, 0.05) is 47.4 Å². The van der Waals surface area contributed by atoms with Gasteiger partial charge in [0.1, 0.15) is 5.75 Å². The summed E-state index contributed by atoms with van der Waals surface area (Å²) in [5, 5.41) is 33.3. The Labute approximate surface area is 172 Å². The van der Waals surface area contributed by atoms with Gasteiger partial charge >= 0.3 is 5.97 Å². The van der Waals surface area contributed by atoms with Crippen LogP contribution in [0.3, 0.4) is 0 Å². The fourth-order valence-electron chi connectivity index (χ4n) is 4.19. The first-order valence-corrected chi connectivity index (χ1v) is 9.99. The van der Waals surface area contributed by atoms with E-state index in [1.165, 1.54) is 0 Å². The molecule has 3 aromatic rings. The molecule has 30 heavy (non-hydrogen) atoms. The molecule has 8 heteroatoms. The van der Waals surface area contributed by atoms with Crippen LogP contribution in [-0.4, -0.2) is 43.5 Å². The van der Waals surface area contributed by atoms with E-state index < -0.39 is 22.8 Å². The second kappa shape index (κ2) is 7.62. The van der Waals surface area contributed by atoms with E-state index in [4.69, 9.17) is 0 Å². The van der Waals surface area contributed by atoms with Crippen molar-refractivity contribution in [2.24, 2.45) is 7.05 Å². The van der Waals surface area contributed by atoms with Gasteiger partial charge in [-0.1, -0.05) is 0 Å². The zero-order chi connectivity index (χ0) is 21.6. The summed E-state index contributed by atoms with van der Waals surface area (Å²) in [6.07, 6.45) is 1.97. The molecule has 1 aliphatic rings. The smallest absolute Gasteiger partial charge is 0.345 e. The minimum absolute atomic E-state index is 0.0110. The fourth-order valence-corrected chi connectivity index (χ4v) is 4.19. The van der Waals surface area contributed by atoms with Crippen LogP contribution < -0.4 is 10.9 Å². The Morgan fingerprint density at radius 2 is 2.07 bits per heavy atom. The number of aryl methyl sites for hydroxylation is 2. The van der Waals surface area contributed by atoms with Gasteiger partial charge in [-0.2, -0.15) is 0 Å². The van der Waals surface area contributed by atoms with Crippen LogP contribution in [0.2, 0.25) is 0 Å². The van der Waals surface area contributed by atoms with Gasteiger partial charge in [0.2, 0.25) is 0 Å². The Morgan fingerprint density at radius 1 is 1.30 bits per heavy atom. The lowest BCUT2D eigenvalue weighted by Gasteiger charge is -2.13. The SMILES string of the molecule is CC(CO)NCc1cc2cc3c(cc2n1C)CCCc1c-3[nH]c(=O)c(C(=O)O)c1O. The quantitative estimate of drug-likeness (QED) is 0.436. The second-order valence-corrected chi connectivity index (χ2v) is 7.92. The van der Waals surface area contributed by atoms with Gasteiger partial charge in [0.25, 0.3) is 5.56 Å². The first-order chi connectivity index (χ1) is 14.3. The number of carbonyl (C=O) groups is 1. The van der Waals surface area contributed by atoms with E-state index in [0.717, 1.165) is 40.6 Å². The number of aliphatic hydroxyl groups is 1. The predicted molar refractivity (Wildman–Crippen MR) is 113 cm³/mol. The van der Waals surface area contributed by atoms with Crippen LogP contribution in [0.1, 0.15) is 40.5 Å². The monoisotopic (exact) mass is 411 g/mol. The average Bonchev–Trinajstić information content (AvgIpc) is 2.89. The minimum atomic E-state index is -1.44. The lowest BCUT2D eigenvalue weighted by atomic mass is 9.98. The summed E-state index contributed by atoms with van der Waals surface area (Å²) in [6.45, 7) is 2.58. The van der Waals surface area contributed by atoms with Crippen LogP contribution in [0.4, 0.5) is 0 Å². The molecular formula is C22H25N3O5. The third-order valence-corrected chi connectivity index (χ3v) is 5.92. The summed E-state index contributed by atoms with van der Waals surface area (Å²) in [6, 6.07) is 6.13. The number of H-pyrrole nitrogens is 1. The number of aromatic hydroxyl groups is 1. The van der Waals surface area contributed by atoms with E-state index in [9.17, 15) is 24.9 Å². The molecule has 2 heterocycles. The zero-order valence-electron chi connectivity index (χ0n) is 17.0. The van der Waals surface area contributed by atoms with Gasteiger partial charge in [-0.15, -0.1) is 0 Å². The van der Waals surface area contributed by atoms with Crippen molar-refractivity contribution in [1.82, 2.24) is 14.9 Å². The molecule has 8 nitrogen and oxygen atoms in total. The Balaban J connectivity index is 1.87. The largest absolute Gasteiger partial charge is 0.506 e. The van der Waals surface area contributed by atoms with Crippen molar-refractivity contribution in [3.05, 3.63) is 50.9 Å². The highest BCUT2D eigenvalue weighted by molar-refractivity contribution is 5.93. The van der Waals surface area contributed by atoms with E-state index >= 15 is 0 Å². The number of hydrogen-bond acceptors (Lipinski definition) is 5.